The van der Waals surface area contributed by atoms with Crippen molar-refractivity contribution in [3.05, 3.63) is 29.8 Å². The van der Waals surface area contributed by atoms with Gasteiger partial charge < -0.3 is 9.84 Å². The van der Waals surface area contributed by atoms with E-state index in [0.717, 1.165) is 11.3 Å². The van der Waals surface area contributed by atoms with Crippen LogP contribution in [0.4, 0.5) is 0 Å². The second kappa shape index (κ2) is 5.01. The van der Waals surface area contributed by atoms with Gasteiger partial charge in [0, 0.05) is 5.56 Å². The first-order valence-electron chi connectivity index (χ1n) is 5.01. The normalized spacial score (nSPS) is 12.9. The molecule has 2 nitrogen and oxygen atoms in total. The summed E-state index contributed by atoms with van der Waals surface area (Å²) >= 11 is 0. The Labute approximate surface area is 85.5 Å². The van der Waals surface area contributed by atoms with Crippen molar-refractivity contribution >= 4 is 0 Å². The lowest BCUT2D eigenvalue weighted by Gasteiger charge is -2.14. The van der Waals surface area contributed by atoms with Crippen molar-refractivity contribution in [3.63, 3.8) is 0 Å². The fourth-order valence-electron chi connectivity index (χ4n) is 1.21. The first kappa shape index (κ1) is 11.1. The predicted octanol–water partition coefficient (Wildman–Crippen LogP) is 2.77. The summed E-state index contributed by atoms with van der Waals surface area (Å²) in [6.07, 6.45) is -0.474. The van der Waals surface area contributed by atoms with Crippen LogP contribution in [-0.4, -0.2) is 11.7 Å². The standard InChI is InChI=1S/C12H18O2/c1-9(2)8-14-12-7-5-4-6-11(12)10(3)13/h4-7,9-10,13H,8H2,1-3H3/t10-/m0/s1. The first-order chi connectivity index (χ1) is 6.61. The van der Waals surface area contributed by atoms with E-state index in [1.54, 1.807) is 6.92 Å². The fraction of sp³-hybridized carbons (Fsp3) is 0.500. The highest BCUT2D eigenvalue weighted by Gasteiger charge is 2.08. The molecule has 0 radical (unpaired) electrons. The zero-order chi connectivity index (χ0) is 10.6. The lowest BCUT2D eigenvalue weighted by Crippen LogP contribution is -2.07. The van der Waals surface area contributed by atoms with Crippen LogP contribution in [0.3, 0.4) is 0 Å². The maximum absolute atomic E-state index is 9.49. The Morgan fingerprint density at radius 1 is 1.21 bits per heavy atom. The Morgan fingerprint density at radius 3 is 2.43 bits per heavy atom. The molecule has 0 spiro atoms. The molecular formula is C12H18O2. The highest BCUT2D eigenvalue weighted by molar-refractivity contribution is 5.34. The van der Waals surface area contributed by atoms with Gasteiger partial charge in [-0.2, -0.15) is 0 Å². The van der Waals surface area contributed by atoms with Crippen molar-refractivity contribution in [1.82, 2.24) is 0 Å². The molecule has 0 aromatic heterocycles. The average Bonchev–Trinajstić information content (AvgIpc) is 2.15. The molecule has 78 valence electrons. The fourth-order valence-corrected chi connectivity index (χ4v) is 1.21. The highest BCUT2D eigenvalue weighted by atomic mass is 16.5. The van der Waals surface area contributed by atoms with Crippen LogP contribution in [0.2, 0.25) is 0 Å². The van der Waals surface area contributed by atoms with Gasteiger partial charge in [0.05, 0.1) is 12.7 Å². The zero-order valence-electron chi connectivity index (χ0n) is 9.03. The molecule has 0 aliphatic rings. The monoisotopic (exact) mass is 194 g/mol. The SMILES string of the molecule is CC(C)COc1ccccc1[C@H](C)O. The van der Waals surface area contributed by atoms with Gasteiger partial charge in [0.1, 0.15) is 5.75 Å². The molecule has 0 unspecified atom stereocenters. The minimum absolute atomic E-state index is 0.474. The van der Waals surface area contributed by atoms with E-state index in [4.69, 9.17) is 4.74 Å². The summed E-state index contributed by atoms with van der Waals surface area (Å²) in [6, 6.07) is 7.61. The molecule has 0 fully saturated rings. The molecule has 0 bridgehead atoms. The predicted molar refractivity (Wildman–Crippen MR) is 57.4 cm³/mol. The summed E-state index contributed by atoms with van der Waals surface area (Å²) in [5, 5.41) is 9.49. The second-order valence-corrected chi connectivity index (χ2v) is 3.92. The molecule has 1 aromatic carbocycles. The number of ether oxygens (including phenoxy) is 1. The molecule has 2 heteroatoms. The smallest absolute Gasteiger partial charge is 0.125 e. The average molecular weight is 194 g/mol. The lowest BCUT2D eigenvalue weighted by atomic mass is 10.1. The molecule has 0 heterocycles. The molecule has 0 saturated heterocycles. The van der Waals surface area contributed by atoms with E-state index >= 15 is 0 Å². The highest BCUT2D eigenvalue weighted by Crippen LogP contribution is 2.24. The molecule has 14 heavy (non-hydrogen) atoms. The Hall–Kier alpha value is -1.02. The molecule has 1 N–H and O–H groups in total. The molecule has 1 aromatic rings. The van der Waals surface area contributed by atoms with Crippen molar-refractivity contribution in [3.8, 4) is 5.75 Å². The van der Waals surface area contributed by atoms with Crippen LogP contribution in [0, 0.1) is 5.92 Å². The van der Waals surface area contributed by atoms with Gasteiger partial charge in [0.15, 0.2) is 0 Å². The number of para-hydroxylation sites is 1. The molecule has 1 rings (SSSR count). The van der Waals surface area contributed by atoms with E-state index in [1.165, 1.54) is 0 Å². The van der Waals surface area contributed by atoms with Crippen LogP contribution in [0.25, 0.3) is 0 Å². The van der Waals surface area contributed by atoms with Crippen LogP contribution in [0.5, 0.6) is 5.75 Å². The van der Waals surface area contributed by atoms with Crippen molar-refractivity contribution in [1.29, 1.82) is 0 Å². The third-order valence-corrected chi connectivity index (χ3v) is 1.94. The van der Waals surface area contributed by atoms with Gasteiger partial charge in [0.25, 0.3) is 0 Å². The number of aliphatic hydroxyl groups excluding tert-OH is 1. The first-order valence-corrected chi connectivity index (χ1v) is 5.01. The lowest BCUT2D eigenvalue weighted by molar-refractivity contribution is 0.188. The van der Waals surface area contributed by atoms with Gasteiger partial charge in [-0.1, -0.05) is 32.0 Å². The Balaban J connectivity index is 2.74. The van der Waals surface area contributed by atoms with Gasteiger partial charge in [-0.25, -0.2) is 0 Å². The molecule has 0 saturated carbocycles. The summed E-state index contributed by atoms with van der Waals surface area (Å²) in [7, 11) is 0. The van der Waals surface area contributed by atoms with Crippen molar-refractivity contribution in [2.24, 2.45) is 5.92 Å². The Kier molecular flexibility index (Phi) is 3.96. The number of benzene rings is 1. The maximum Gasteiger partial charge on any atom is 0.125 e. The van der Waals surface area contributed by atoms with E-state index in [-0.39, 0.29) is 0 Å². The third kappa shape index (κ3) is 3.04. The van der Waals surface area contributed by atoms with Gasteiger partial charge >= 0.3 is 0 Å². The maximum atomic E-state index is 9.49. The van der Waals surface area contributed by atoms with Crippen LogP contribution in [0.1, 0.15) is 32.4 Å². The quantitative estimate of drug-likeness (QED) is 0.798. The molecule has 0 amide bonds. The van der Waals surface area contributed by atoms with Crippen LogP contribution in [-0.2, 0) is 0 Å². The van der Waals surface area contributed by atoms with Crippen molar-refractivity contribution < 1.29 is 9.84 Å². The number of hydrogen-bond acceptors (Lipinski definition) is 2. The molecule has 0 aliphatic heterocycles. The minimum Gasteiger partial charge on any atom is -0.493 e. The van der Waals surface area contributed by atoms with E-state index in [1.807, 2.05) is 24.3 Å². The molecule has 0 aliphatic carbocycles. The topological polar surface area (TPSA) is 29.5 Å². The van der Waals surface area contributed by atoms with E-state index in [9.17, 15) is 5.11 Å². The zero-order valence-corrected chi connectivity index (χ0v) is 9.03. The number of rotatable bonds is 4. The van der Waals surface area contributed by atoms with Crippen molar-refractivity contribution in [2.75, 3.05) is 6.61 Å². The van der Waals surface area contributed by atoms with E-state index < -0.39 is 6.10 Å². The van der Waals surface area contributed by atoms with Crippen LogP contribution < -0.4 is 4.74 Å². The summed E-state index contributed by atoms with van der Waals surface area (Å²) in [5.74, 6) is 1.29. The van der Waals surface area contributed by atoms with E-state index in [2.05, 4.69) is 13.8 Å². The third-order valence-electron chi connectivity index (χ3n) is 1.94. The van der Waals surface area contributed by atoms with Gasteiger partial charge in [0.2, 0.25) is 0 Å². The van der Waals surface area contributed by atoms with Crippen LogP contribution in [0.15, 0.2) is 24.3 Å². The van der Waals surface area contributed by atoms with Gasteiger partial charge in [-0.15, -0.1) is 0 Å². The largest absolute Gasteiger partial charge is 0.493 e. The summed E-state index contributed by atoms with van der Waals surface area (Å²) < 4.78 is 5.60. The Bertz CT molecular complexity index is 279. The second-order valence-electron chi connectivity index (χ2n) is 3.92. The molecular weight excluding hydrogens is 176 g/mol. The Morgan fingerprint density at radius 2 is 1.86 bits per heavy atom. The number of aliphatic hydroxyl groups is 1. The van der Waals surface area contributed by atoms with Gasteiger partial charge in [-0.3, -0.25) is 0 Å². The minimum atomic E-state index is -0.474. The van der Waals surface area contributed by atoms with E-state index in [0.29, 0.717) is 12.5 Å². The van der Waals surface area contributed by atoms with Crippen LogP contribution >= 0.6 is 0 Å². The summed E-state index contributed by atoms with van der Waals surface area (Å²) in [6.45, 7) is 6.64. The summed E-state index contributed by atoms with van der Waals surface area (Å²) in [4.78, 5) is 0. The van der Waals surface area contributed by atoms with Gasteiger partial charge in [-0.05, 0) is 18.9 Å². The van der Waals surface area contributed by atoms with Crippen molar-refractivity contribution in [2.45, 2.75) is 26.9 Å². The molecule has 1 atom stereocenters. The number of hydrogen-bond donors (Lipinski definition) is 1. The summed E-state index contributed by atoms with van der Waals surface area (Å²) in [5.41, 5.74) is 0.855.